The molecule has 33 heavy (non-hydrogen) atoms. The summed E-state index contributed by atoms with van der Waals surface area (Å²) in [6.07, 6.45) is 7.36. The van der Waals surface area contributed by atoms with Crippen LogP contribution in [-0.4, -0.2) is 64.4 Å². The average molecular weight is 449 g/mol. The Bertz CT molecular complexity index is 1240. The number of carbonyl (C=O) groups excluding carboxylic acids is 1. The highest BCUT2D eigenvalue weighted by Crippen LogP contribution is 2.31. The van der Waals surface area contributed by atoms with Crippen LogP contribution in [-0.2, 0) is 0 Å². The molecule has 5 heterocycles. The van der Waals surface area contributed by atoms with Crippen molar-refractivity contribution in [3.8, 4) is 0 Å². The van der Waals surface area contributed by atoms with Gasteiger partial charge in [-0.25, -0.2) is 4.98 Å². The standard InChI is InChI=1S/C25H32N6O2/c1-16-6-10-31-15-21(28-25(33)23(16)31)18-7-11-30(14-18)19-8-12-29(13-9-19)22-5-4-20(24(32)26-3)27-17(22)2/h4-6,10,15,18-19H,7-9,11-14H2,1-3H3,(H,26,32)(H,28,33). The SMILES string of the molecule is CNC(=O)c1ccc(N2CCC(N3CCC(c4cn5ccc(C)c5c(=O)[nH]4)C3)CC2)c(C)n1. The second kappa shape index (κ2) is 8.67. The molecule has 3 aromatic heterocycles. The molecule has 5 rings (SSSR count). The third-order valence-corrected chi connectivity index (χ3v) is 7.37. The number of fused-ring (bicyclic) bond motifs is 1. The molecule has 174 valence electrons. The van der Waals surface area contributed by atoms with Crippen molar-refractivity contribution < 1.29 is 4.79 Å². The van der Waals surface area contributed by atoms with Crippen molar-refractivity contribution in [1.29, 1.82) is 0 Å². The Kier molecular flexibility index (Phi) is 5.70. The van der Waals surface area contributed by atoms with Crippen LogP contribution in [0.4, 0.5) is 5.69 Å². The lowest BCUT2D eigenvalue weighted by molar-refractivity contribution is 0.0958. The number of nitrogens with zero attached hydrogens (tertiary/aromatic N) is 4. The minimum Gasteiger partial charge on any atom is -0.370 e. The molecule has 1 unspecified atom stereocenters. The van der Waals surface area contributed by atoms with Crippen LogP contribution < -0.4 is 15.8 Å². The van der Waals surface area contributed by atoms with Gasteiger partial charge in [-0.05, 0) is 63.4 Å². The highest BCUT2D eigenvalue weighted by atomic mass is 16.1. The topological polar surface area (TPSA) is 85.7 Å². The van der Waals surface area contributed by atoms with E-state index in [1.807, 2.05) is 42.6 Å². The van der Waals surface area contributed by atoms with Crippen molar-refractivity contribution in [3.63, 3.8) is 0 Å². The minimum absolute atomic E-state index is 0.00757. The van der Waals surface area contributed by atoms with Crippen LogP contribution in [0.1, 0.15) is 52.6 Å². The Labute approximate surface area is 193 Å². The van der Waals surface area contributed by atoms with Crippen LogP contribution >= 0.6 is 0 Å². The van der Waals surface area contributed by atoms with Gasteiger partial charge >= 0.3 is 0 Å². The zero-order valence-electron chi connectivity index (χ0n) is 19.6. The number of likely N-dealkylation sites (tertiary alicyclic amines) is 1. The largest absolute Gasteiger partial charge is 0.370 e. The first kappa shape index (κ1) is 21.7. The molecule has 1 atom stereocenters. The number of aromatic amines is 1. The quantitative estimate of drug-likeness (QED) is 0.640. The van der Waals surface area contributed by atoms with E-state index >= 15 is 0 Å². The van der Waals surface area contributed by atoms with E-state index in [-0.39, 0.29) is 11.5 Å². The first-order valence-electron chi connectivity index (χ1n) is 11.8. The number of aromatic nitrogens is 3. The Morgan fingerprint density at radius 2 is 1.91 bits per heavy atom. The first-order chi connectivity index (χ1) is 15.9. The summed E-state index contributed by atoms with van der Waals surface area (Å²) in [6, 6.07) is 6.39. The number of amides is 1. The summed E-state index contributed by atoms with van der Waals surface area (Å²) in [6.45, 7) is 7.98. The van der Waals surface area contributed by atoms with Crippen LogP contribution in [0.5, 0.6) is 0 Å². The third kappa shape index (κ3) is 4.04. The monoisotopic (exact) mass is 448 g/mol. The number of aryl methyl sites for hydroxylation is 2. The number of rotatable bonds is 4. The van der Waals surface area contributed by atoms with Gasteiger partial charge in [-0.3, -0.25) is 14.5 Å². The van der Waals surface area contributed by atoms with Gasteiger partial charge in [0, 0.05) is 56.7 Å². The van der Waals surface area contributed by atoms with Gasteiger partial charge in [-0.15, -0.1) is 0 Å². The van der Waals surface area contributed by atoms with Crippen LogP contribution in [0.2, 0.25) is 0 Å². The fourth-order valence-corrected chi connectivity index (χ4v) is 5.52. The van der Waals surface area contributed by atoms with E-state index in [1.165, 1.54) is 0 Å². The molecule has 0 aliphatic carbocycles. The number of carbonyl (C=O) groups is 1. The highest BCUT2D eigenvalue weighted by Gasteiger charge is 2.32. The molecule has 2 aliphatic heterocycles. The number of nitrogens with one attached hydrogen (secondary N) is 2. The molecule has 1 amide bonds. The fraction of sp³-hybridized carbons (Fsp3) is 0.480. The zero-order valence-corrected chi connectivity index (χ0v) is 19.6. The third-order valence-electron chi connectivity index (χ3n) is 7.37. The van der Waals surface area contributed by atoms with Gasteiger partial charge in [0.25, 0.3) is 11.5 Å². The molecule has 2 N–H and O–H groups in total. The molecule has 3 aromatic rings. The van der Waals surface area contributed by atoms with E-state index in [4.69, 9.17) is 0 Å². The van der Waals surface area contributed by atoms with Crippen molar-refractivity contribution in [2.24, 2.45) is 0 Å². The van der Waals surface area contributed by atoms with Crippen molar-refractivity contribution in [1.82, 2.24) is 24.6 Å². The van der Waals surface area contributed by atoms with E-state index in [9.17, 15) is 9.59 Å². The predicted octanol–water partition coefficient (Wildman–Crippen LogP) is 2.46. The van der Waals surface area contributed by atoms with E-state index in [2.05, 4.69) is 31.3 Å². The molecule has 8 nitrogen and oxygen atoms in total. The van der Waals surface area contributed by atoms with E-state index < -0.39 is 0 Å². The molecule has 0 aromatic carbocycles. The van der Waals surface area contributed by atoms with Crippen LogP contribution in [0, 0.1) is 13.8 Å². The van der Waals surface area contributed by atoms with Gasteiger partial charge in [-0.1, -0.05) is 0 Å². The number of hydrogen-bond acceptors (Lipinski definition) is 5. The van der Waals surface area contributed by atoms with Crippen molar-refractivity contribution in [2.45, 2.75) is 45.1 Å². The van der Waals surface area contributed by atoms with Gasteiger partial charge in [0.2, 0.25) is 0 Å². The molecule has 8 heteroatoms. The second-order valence-electron chi connectivity index (χ2n) is 9.37. The first-order valence-corrected chi connectivity index (χ1v) is 11.8. The van der Waals surface area contributed by atoms with Gasteiger partial charge in [0.05, 0.1) is 11.4 Å². The van der Waals surface area contributed by atoms with E-state index in [0.29, 0.717) is 17.7 Å². The Hall–Kier alpha value is -3.13. The summed E-state index contributed by atoms with van der Waals surface area (Å²) in [5.74, 6) is 0.214. The summed E-state index contributed by atoms with van der Waals surface area (Å²) < 4.78 is 1.97. The zero-order chi connectivity index (χ0) is 23.1. The fourth-order valence-electron chi connectivity index (χ4n) is 5.52. The van der Waals surface area contributed by atoms with Crippen molar-refractivity contribution >= 4 is 17.1 Å². The maximum Gasteiger partial charge on any atom is 0.272 e. The molecular formula is C25H32N6O2. The van der Waals surface area contributed by atoms with Gasteiger partial charge in [0.1, 0.15) is 11.2 Å². The van der Waals surface area contributed by atoms with Crippen molar-refractivity contribution in [2.75, 3.05) is 38.1 Å². The maximum absolute atomic E-state index is 12.6. The predicted molar refractivity (Wildman–Crippen MR) is 129 cm³/mol. The van der Waals surface area contributed by atoms with Gasteiger partial charge in [-0.2, -0.15) is 0 Å². The Morgan fingerprint density at radius 3 is 2.64 bits per heavy atom. The normalized spacial score (nSPS) is 20.0. The molecule has 2 fully saturated rings. The summed E-state index contributed by atoms with van der Waals surface area (Å²) in [7, 11) is 1.62. The molecule has 0 spiro atoms. The van der Waals surface area contributed by atoms with Crippen molar-refractivity contribution in [3.05, 3.63) is 63.6 Å². The van der Waals surface area contributed by atoms with Crippen LogP contribution in [0.3, 0.4) is 0 Å². The van der Waals surface area contributed by atoms with E-state index in [1.54, 1.807) is 7.05 Å². The number of pyridine rings is 1. The Balaban J connectivity index is 1.22. The molecule has 0 radical (unpaired) electrons. The van der Waals surface area contributed by atoms with Gasteiger partial charge in [0.15, 0.2) is 0 Å². The second-order valence-corrected chi connectivity index (χ2v) is 9.37. The molecule has 0 saturated carbocycles. The molecular weight excluding hydrogens is 416 g/mol. The van der Waals surface area contributed by atoms with Crippen LogP contribution in [0.15, 0.2) is 35.4 Å². The molecule has 0 bridgehead atoms. The number of piperidine rings is 1. The summed E-state index contributed by atoms with van der Waals surface area (Å²) >= 11 is 0. The average Bonchev–Trinajstić information content (AvgIpc) is 3.46. The molecule has 2 aliphatic rings. The highest BCUT2D eigenvalue weighted by molar-refractivity contribution is 5.92. The summed E-state index contributed by atoms with van der Waals surface area (Å²) in [4.78, 5) is 37.0. The van der Waals surface area contributed by atoms with E-state index in [0.717, 1.165) is 73.6 Å². The lowest BCUT2D eigenvalue weighted by Crippen LogP contribution is -2.44. The minimum atomic E-state index is -0.153. The summed E-state index contributed by atoms with van der Waals surface area (Å²) in [5.41, 5.74) is 5.28. The lowest BCUT2D eigenvalue weighted by atomic mass is 10.0. The molecule has 2 saturated heterocycles. The maximum atomic E-state index is 12.6. The lowest BCUT2D eigenvalue weighted by Gasteiger charge is -2.38. The van der Waals surface area contributed by atoms with Gasteiger partial charge < -0.3 is 19.6 Å². The summed E-state index contributed by atoms with van der Waals surface area (Å²) in [5, 5.41) is 2.63. The van der Waals surface area contributed by atoms with Crippen LogP contribution in [0.25, 0.3) is 5.52 Å². The number of anilines is 1. The Morgan fingerprint density at radius 1 is 1.12 bits per heavy atom. The number of hydrogen-bond donors (Lipinski definition) is 2. The number of H-pyrrole nitrogens is 1. The smallest absolute Gasteiger partial charge is 0.272 e.